The van der Waals surface area contributed by atoms with E-state index in [1.54, 1.807) is 0 Å². The molecule has 1 unspecified atom stereocenters. The van der Waals surface area contributed by atoms with Crippen LogP contribution in [0, 0.1) is 13.8 Å². The van der Waals surface area contributed by atoms with Gasteiger partial charge in [0.2, 0.25) is 0 Å². The van der Waals surface area contributed by atoms with E-state index in [2.05, 4.69) is 24.0 Å². The summed E-state index contributed by atoms with van der Waals surface area (Å²) in [4.78, 5) is 4.39. The van der Waals surface area contributed by atoms with Crippen LogP contribution in [0.2, 0.25) is 0 Å². The smallest absolute Gasteiger partial charge is 0.0379 e. The fraction of sp³-hybridized carbons (Fsp3) is 0.688. The van der Waals surface area contributed by atoms with Gasteiger partial charge in [-0.25, -0.2) is 0 Å². The highest BCUT2D eigenvalue weighted by molar-refractivity contribution is 5.23. The molecule has 102 valence electrons. The quantitative estimate of drug-likeness (QED) is 0.690. The molecule has 0 bridgehead atoms. The van der Waals surface area contributed by atoms with Crippen LogP contribution in [-0.2, 0) is 0 Å². The Kier molecular flexibility index (Phi) is 6.96. The summed E-state index contributed by atoms with van der Waals surface area (Å²) in [5, 5.41) is 0. The van der Waals surface area contributed by atoms with Crippen LogP contribution < -0.4 is 5.73 Å². The molecular weight excluding hydrogens is 220 g/mol. The van der Waals surface area contributed by atoms with Crippen molar-refractivity contribution in [2.75, 3.05) is 0 Å². The molecule has 0 aliphatic heterocycles. The molecule has 0 fully saturated rings. The van der Waals surface area contributed by atoms with Gasteiger partial charge in [0.05, 0.1) is 0 Å². The highest BCUT2D eigenvalue weighted by Gasteiger charge is 2.07. The molecule has 1 aromatic heterocycles. The second-order valence-electron chi connectivity index (χ2n) is 5.35. The van der Waals surface area contributed by atoms with Gasteiger partial charge >= 0.3 is 0 Å². The normalized spacial score (nSPS) is 12.7. The summed E-state index contributed by atoms with van der Waals surface area (Å²) >= 11 is 0. The maximum Gasteiger partial charge on any atom is 0.0379 e. The van der Waals surface area contributed by atoms with E-state index in [-0.39, 0.29) is 6.04 Å². The topological polar surface area (TPSA) is 38.9 Å². The summed E-state index contributed by atoms with van der Waals surface area (Å²) in [6, 6.07) is 4.42. The zero-order chi connectivity index (χ0) is 13.4. The van der Waals surface area contributed by atoms with Gasteiger partial charge in [-0.05, 0) is 38.0 Å². The Balaban J connectivity index is 2.29. The van der Waals surface area contributed by atoms with Crippen molar-refractivity contribution in [1.82, 2.24) is 4.98 Å². The van der Waals surface area contributed by atoms with E-state index in [1.807, 2.05) is 13.8 Å². The summed E-state index contributed by atoms with van der Waals surface area (Å²) in [6.07, 6.45) is 9.06. The number of nitrogens with zero attached hydrogens (tertiary/aromatic N) is 1. The second-order valence-corrected chi connectivity index (χ2v) is 5.35. The predicted octanol–water partition coefficient (Wildman–Crippen LogP) is 4.45. The second kappa shape index (κ2) is 8.25. The Morgan fingerprint density at radius 3 is 2.17 bits per heavy atom. The molecule has 1 heterocycles. The molecule has 0 aliphatic carbocycles. The molecule has 0 saturated heterocycles. The molecule has 2 heteroatoms. The monoisotopic (exact) mass is 248 g/mol. The molecule has 0 saturated carbocycles. The van der Waals surface area contributed by atoms with Crippen LogP contribution in [0.25, 0.3) is 0 Å². The lowest BCUT2D eigenvalue weighted by Crippen LogP contribution is -2.11. The third-order valence-electron chi connectivity index (χ3n) is 3.40. The van der Waals surface area contributed by atoms with Gasteiger partial charge in [-0.1, -0.05) is 45.4 Å². The van der Waals surface area contributed by atoms with E-state index >= 15 is 0 Å². The Morgan fingerprint density at radius 2 is 1.56 bits per heavy atom. The number of rotatable bonds is 8. The number of aryl methyl sites for hydroxylation is 2. The first-order chi connectivity index (χ1) is 8.63. The highest BCUT2D eigenvalue weighted by Crippen LogP contribution is 2.19. The predicted molar refractivity (Wildman–Crippen MR) is 78.6 cm³/mol. The maximum atomic E-state index is 6.25. The molecule has 0 amide bonds. The standard InChI is InChI=1S/C16H28N2/c1-4-5-6-7-8-9-10-16(17)15-11-13(2)18-14(3)12-15/h11-12,16H,4-10,17H2,1-3H3. The van der Waals surface area contributed by atoms with Gasteiger partial charge in [0.15, 0.2) is 0 Å². The average molecular weight is 248 g/mol. The highest BCUT2D eigenvalue weighted by atomic mass is 14.7. The molecule has 0 spiro atoms. The molecule has 0 aromatic carbocycles. The molecule has 1 aromatic rings. The van der Waals surface area contributed by atoms with Crippen LogP contribution in [0.3, 0.4) is 0 Å². The number of hydrogen-bond acceptors (Lipinski definition) is 2. The summed E-state index contributed by atoms with van der Waals surface area (Å²) in [5.41, 5.74) is 9.64. The van der Waals surface area contributed by atoms with E-state index in [1.165, 1.54) is 44.1 Å². The Labute approximate surface area is 112 Å². The number of nitrogens with two attached hydrogens (primary N) is 1. The van der Waals surface area contributed by atoms with E-state index in [9.17, 15) is 0 Å². The Bertz CT molecular complexity index is 327. The largest absolute Gasteiger partial charge is 0.324 e. The van der Waals surface area contributed by atoms with Crippen LogP contribution in [0.5, 0.6) is 0 Å². The first-order valence-corrected chi connectivity index (χ1v) is 7.34. The molecule has 2 N–H and O–H groups in total. The third-order valence-corrected chi connectivity index (χ3v) is 3.40. The molecule has 1 atom stereocenters. The molecule has 2 nitrogen and oxygen atoms in total. The molecule has 0 aliphatic rings. The molecule has 0 radical (unpaired) electrons. The summed E-state index contributed by atoms with van der Waals surface area (Å²) in [5.74, 6) is 0. The first-order valence-electron chi connectivity index (χ1n) is 7.34. The number of pyridine rings is 1. The number of hydrogen-bond donors (Lipinski definition) is 1. The van der Waals surface area contributed by atoms with E-state index in [0.29, 0.717) is 0 Å². The fourth-order valence-corrected chi connectivity index (χ4v) is 2.39. The van der Waals surface area contributed by atoms with Crippen molar-refractivity contribution in [2.45, 2.75) is 71.8 Å². The van der Waals surface area contributed by atoms with Gasteiger partial charge < -0.3 is 5.73 Å². The van der Waals surface area contributed by atoms with E-state index in [0.717, 1.165) is 17.8 Å². The average Bonchev–Trinajstić information content (AvgIpc) is 2.32. The summed E-state index contributed by atoms with van der Waals surface area (Å²) in [7, 11) is 0. The Morgan fingerprint density at radius 1 is 1.00 bits per heavy atom. The van der Waals surface area contributed by atoms with Crippen molar-refractivity contribution in [3.8, 4) is 0 Å². The van der Waals surface area contributed by atoms with Gasteiger partial charge in [-0.15, -0.1) is 0 Å². The van der Waals surface area contributed by atoms with Crippen molar-refractivity contribution < 1.29 is 0 Å². The van der Waals surface area contributed by atoms with Crippen LogP contribution in [0.15, 0.2) is 12.1 Å². The lowest BCUT2D eigenvalue weighted by atomic mass is 10.00. The van der Waals surface area contributed by atoms with Gasteiger partial charge in [-0.3, -0.25) is 4.98 Å². The minimum absolute atomic E-state index is 0.177. The zero-order valence-electron chi connectivity index (χ0n) is 12.2. The minimum Gasteiger partial charge on any atom is -0.324 e. The SMILES string of the molecule is CCCCCCCCC(N)c1cc(C)nc(C)c1. The lowest BCUT2D eigenvalue weighted by Gasteiger charge is -2.13. The van der Waals surface area contributed by atoms with Crippen molar-refractivity contribution in [3.05, 3.63) is 29.1 Å². The molecule has 1 rings (SSSR count). The summed E-state index contributed by atoms with van der Waals surface area (Å²) in [6.45, 7) is 6.33. The third kappa shape index (κ3) is 5.63. The summed E-state index contributed by atoms with van der Waals surface area (Å²) < 4.78 is 0. The van der Waals surface area contributed by atoms with Crippen molar-refractivity contribution in [3.63, 3.8) is 0 Å². The van der Waals surface area contributed by atoms with Gasteiger partial charge in [0.1, 0.15) is 0 Å². The minimum atomic E-state index is 0.177. The fourth-order valence-electron chi connectivity index (χ4n) is 2.39. The number of unbranched alkanes of at least 4 members (excludes halogenated alkanes) is 5. The van der Waals surface area contributed by atoms with E-state index < -0.39 is 0 Å². The van der Waals surface area contributed by atoms with E-state index in [4.69, 9.17) is 5.73 Å². The first kappa shape index (κ1) is 15.2. The van der Waals surface area contributed by atoms with Crippen molar-refractivity contribution in [2.24, 2.45) is 5.73 Å². The van der Waals surface area contributed by atoms with Gasteiger partial charge in [-0.2, -0.15) is 0 Å². The van der Waals surface area contributed by atoms with Crippen LogP contribution in [0.4, 0.5) is 0 Å². The van der Waals surface area contributed by atoms with Crippen molar-refractivity contribution in [1.29, 1.82) is 0 Å². The zero-order valence-corrected chi connectivity index (χ0v) is 12.2. The lowest BCUT2D eigenvalue weighted by molar-refractivity contribution is 0.546. The van der Waals surface area contributed by atoms with Crippen LogP contribution in [0.1, 0.15) is 74.9 Å². The van der Waals surface area contributed by atoms with Crippen LogP contribution in [-0.4, -0.2) is 4.98 Å². The Hall–Kier alpha value is -0.890. The maximum absolute atomic E-state index is 6.25. The molecular formula is C16H28N2. The number of aromatic nitrogens is 1. The van der Waals surface area contributed by atoms with Gasteiger partial charge in [0.25, 0.3) is 0 Å². The van der Waals surface area contributed by atoms with Gasteiger partial charge in [0, 0.05) is 17.4 Å². The van der Waals surface area contributed by atoms with Crippen molar-refractivity contribution >= 4 is 0 Å². The van der Waals surface area contributed by atoms with Crippen LogP contribution >= 0.6 is 0 Å². The molecule has 18 heavy (non-hydrogen) atoms.